The van der Waals surface area contributed by atoms with Crippen molar-refractivity contribution in [2.75, 3.05) is 26.2 Å². The monoisotopic (exact) mass is 331 g/mol. The molecule has 1 aromatic carbocycles. The van der Waals surface area contributed by atoms with E-state index >= 15 is 0 Å². The molecule has 1 aliphatic heterocycles. The van der Waals surface area contributed by atoms with Gasteiger partial charge in [-0.05, 0) is 12.1 Å². The highest BCUT2D eigenvalue weighted by atomic mass is 32.1. The maximum absolute atomic E-state index is 12.0. The van der Waals surface area contributed by atoms with Gasteiger partial charge >= 0.3 is 5.76 Å². The number of para-hydroxylation sites is 2. The van der Waals surface area contributed by atoms with Crippen molar-refractivity contribution in [1.29, 1.82) is 0 Å². The molecule has 3 aromatic rings. The number of morpholine rings is 1. The average Bonchev–Trinajstić information content (AvgIpc) is 3.21. The predicted molar refractivity (Wildman–Crippen MR) is 87.7 cm³/mol. The molecule has 1 unspecified atom stereocenters. The quantitative estimate of drug-likeness (QED) is 0.733. The van der Waals surface area contributed by atoms with Crippen LogP contribution in [0, 0.1) is 0 Å². The molecule has 0 bridgehead atoms. The van der Waals surface area contributed by atoms with E-state index in [1.165, 1.54) is 0 Å². The van der Waals surface area contributed by atoms with Gasteiger partial charge in [-0.1, -0.05) is 12.1 Å². The topological polar surface area (TPSA) is 60.5 Å². The lowest BCUT2D eigenvalue weighted by molar-refractivity contribution is -0.0309. The summed E-state index contributed by atoms with van der Waals surface area (Å²) in [7, 11) is 0. The molecule has 7 heteroatoms. The summed E-state index contributed by atoms with van der Waals surface area (Å²) in [6, 6.07) is 7.52. The van der Waals surface area contributed by atoms with E-state index in [0.29, 0.717) is 18.7 Å². The molecule has 0 amide bonds. The molecule has 1 saturated heterocycles. The third-order valence-electron chi connectivity index (χ3n) is 4.09. The van der Waals surface area contributed by atoms with Crippen molar-refractivity contribution in [2.24, 2.45) is 0 Å². The molecule has 0 aliphatic carbocycles. The molecule has 0 N–H and O–H groups in total. The van der Waals surface area contributed by atoms with E-state index < -0.39 is 0 Å². The Labute approximate surface area is 136 Å². The Morgan fingerprint density at radius 1 is 1.30 bits per heavy atom. The standard InChI is InChI=1S/C16H17N3O3S/c20-16-19(12-3-1-2-4-13(12)22-16)7-6-18-8-9-21-14(11-18)15-17-5-10-23-15/h1-5,10,14H,6-9,11H2. The second kappa shape index (κ2) is 6.27. The zero-order chi connectivity index (χ0) is 15.6. The van der Waals surface area contributed by atoms with Crippen LogP contribution in [0.3, 0.4) is 0 Å². The number of benzene rings is 1. The molecule has 1 atom stereocenters. The van der Waals surface area contributed by atoms with Gasteiger partial charge in [0.15, 0.2) is 5.58 Å². The third-order valence-corrected chi connectivity index (χ3v) is 4.96. The molecule has 120 valence electrons. The normalized spacial score (nSPS) is 19.4. The number of fused-ring (bicyclic) bond motifs is 1. The second-order valence-electron chi connectivity index (χ2n) is 5.52. The zero-order valence-corrected chi connectivity index (χ0v) is 13.4. The molecule has 0 radical (unpaired) electrons. The van der Waals surface area contributed by atoms with Gasteiger partial charge in [-0.3, -0.25) is 9.47 Å². The lowest BCUT2D eigenvalue weighted by atomic mass is 10.2. The molecule has 1 aliphatic rings. The van der Waals surface area contributed by atoms with Gasteiger partial charge in [-0.15, -0.1) is 11.3 Å². The number of oxazole rings is 1. The lowest BCUT2D eigenvalue weighted by Crippen LogP contribution is -2.40. The molecule has 3 heterocycles. The van der Waals surface area contributed by atoms with E-state index in [9.17, 15) is 4.79 Å². The molecular weight excluding hydrogens is 314 g/mol. The number of hydrogen-bond acceptors (Lipinski definition) is 6. The summed E-state index contributed by atoms with van der Waals surface area (Å²) in [5.41, 5.74) is 1.49. The minimum absolute atomic E-state index is 0.0292. The molecule has 23 heavy (non-hydrogen) atoms. The second-order valence-corrected chi connectivity index (χ2v) is 6.44. The number of ether oxygens (including phenoxy) is 1. The molecule has 1 fully saturated rings. The number of aromatic nitrogens is 2. The van der Waals surface area contributed by atoms with E-state index in [2.05, 4.69) is 9.88 Å². The van der Waals surface area contributed by atoms with Gasteiger partial charge in [0.05, 0.1) is 12.1 Å². The Morgan fingerprint density at radius 2 is 2.22 bits per heavy atom. The van der Waals surface area contributed by atoms with Crippen LogP contribution in [0.5, 0.6) is 0 Å². The number of nitrogens with zero attached hydrogens (tertiary/aromatic N) is 3. The number of thiazole rings is 1. The first-order valence-electron chi connectivity index (χ1n) is 7.63. The van der Waals surface area contributed by atoms with Crippen LogP contribution in [-0.2, 0) is 11.3 Å². The van der Waals surface area contributed by atoms with Crippen molar-refractivity contribution in [1.82, 2.24) is 14.5 Å². The number of rotatable bonds is 4. The number of hydrogen-bond donors (Lipinski definition) is 0. The fourth-order valence-electron chi connectivity index (χ4n) is 2.92. The van der Waals surface area contributed by atoms with Gasteiger partial charge in [0.25, 0.3) is 0 Å². The van der Waals surface area contributed by atoms with Crippen LogP contribution < -0.4 is 5.76 Å². The highest BCUT2D eigenvalue weighted by molar-refractivity contribution is 7.09. The smallest absolute Gasteiger partial charge is 0.408 e. The van der Waals surface area contributed by atoms with Crippen molar-refractivity contribution >= 4 is 22.4 Å². The Hall–Kier alpha value is -1.96. The van der Waals surface area contributed by atoms with E-state index in [-0.39, 0.29) is 11.9 Å². The van der Waals surface area contributed by atoms with Crippen molar-refractivity contribution in [3.8, 4) is 0 Å². The molecule has 6 nitrogen and oxygen atoms in total. The summed E-state index contributed by atoms with van der Waals surface area (Å²) in [6.45, 7) is 3.75. The summed E-state index contributed by atoms with van der Waals surface area (Å²) in [5.74, 6) is -0.295. The predicted octanol–water partition coefficient (Wildman–Crippen LogP) is 2.12. The van der Waals surface area contributed by atoms with Gasteiger partial charge in [0.1, 0.15) is 11.1 Å². The molecule has 4 rings (SSSR count). The molecule has 0 spiro atoms. The van der Waals surface area contributed by atoms with Crippen LogP contribution >= 0.6 is 11.3 Å². The fourth-order valence-corrected chi connectivity index (χ4v) is 3.59. The maximum Gasteiger partial charge on any atom is 0.419 e. The Balaban J connectivity index is 1.46. The first-order valence-corrected chi connectivity index (χ1v) is 8.51. The Kier molecular flexibility index (Phi) is 3.99. The van der Waals surface area contributed by atoms with Gasteiger partial charge < -0.3 is 9.15 Å². The van der Waals surface area contributed by atoms with E-state index in [4.69, 9.17) is 9.15 Å². The summed E-state index contributed by atoms with van der Waals surface area (Å²) >= 11 is 1.62. The van der Waals surface area contributed by atoms with Crippen LogP contribution in [0.4, 0.5) is 0 Å². The van der Waals surface area contributed by atoms with Crippen molar-refractivity contribution < 1.29 is 9.15 Å². The summed E-state index contributed by atoms with van der Waals surface area (Å²) in [5, 5.41) is 2.98. The van der Waals surface area contributed by atoms with Crippen LogP contribution in [0.15, 0.2) is 45.1 Å². The van der Waals surface area contributed by atoms with E-state index in [0.717, 1.165) is 30.2 Å². The summed E-state index contributed by atoms with van der Waals surface area (Å²) < 4.78 is 12.8. The minimum atomic E-state index is -0.295. The lowest BCUT2D eigenvalue weighted by Gasteiger charge is -2.31. The molecular formula is C16H17N3O3S. The average molecular weight is 331 g/mol. The van der Waals surface area contributed by atoms with Crippen molar-refractivity contribution in [2.45, 2.75) is 12.6 Å². The van der Waals surface area contributed by atoms with Gasteiger partial charge in [-0.2, -0.15) is 0 Å². The van der Waals surface area contributed by atoms with Crippen LogP contribution in [-0.4, -0.2) is 40.7 Å². The first kappa shape index (κ1) is 14.6. The highest BCUT2D eigenvalue weighted by Gasteiger charge is 2.23. The van der Waals surface area contributed by atoms with Crippen molar-refractivity contribution in [3.63, 3.8) is 0 Å². The summed E-state index contributed by atoms with van der Waals surface area (Å²) in [4.78, 5) is 18.7. The fraction of sp³-hybridized carbons (Fsp3) is 0.375. The van der Waals surface area contributed by atoms with E-state index in [1.807, 2.05) is 29.6 Å². The zero-order valence-electron chi connectivity index (χ0n) is 12.6. The van der Waals surface area contributed by atoms with Crippen LogP contribution in [0.2, 0.25) is 0 Å². The Bertz CT molecular complexity index is 840. The van der Waals surface area contributed by atoms with Gasteiger partial charge in [0.2, 0.25) is 0 Å². The SMILES string of the molecule is O=c1oc2ccccc2n1CCN1CCOC(c2nccs2)C1. The van der Waals surface area contributed by atoms with Gasteiger partial charge in [0, 0.05) is 37.8 Å². The third kappa shape index (κ3) is 2.95. The largest absolute Gasteiger partial charge is 0.419 e. The first-order chi connectivity index (χ1) is 11.3. The van der Waals surface area contributed by atoms with Crippen molar-refractivity contribution in [3.05, 3.63) is 51.4 Å². The van der Waals surface area contributed by atoms with E-state index in [1.54, 1.807) is 22.1 Å². The molecule has 2 aromatic heterocycles. The van der Waals surface area contributed by atoms with Crippen LogP contribution in [0.25, 0.3) is 11.1 Å². The summed E-state index contributed by atoms with van der Waals surface area (Å²) in [6.07, 6.45) is 1.83. The highest BCUT2D eigenvalue weighted by Crippen LogP contribution is 2.23. The van der Waals surface area contributed by atoms with Gasteiger partial charge in [-0.25, -0.2) is 9.78 Å². The molecule has 0 saturated carbocycles. The maximum atomic E-state index is 12.0. The van der Waals surface area contributed by atoms with Crippen LogP contribution in [0.1, 0.15) is 11.1 Å². The minimum Gasteiger partial charge on any atom is -0.408 e. The Morgan fingerprint density at radius 3 is 3.09 bits per heavy atom.